The van der Waals surface area contributed by atoms with Crippen molar-refractivity contribution in [1.82, 2.24) is 9.97 Å². The quantitative estimate of drug-likeness (QED) is 0.160. The van der Waals surface area contributed by atoms with Crippen LogP contribution in [0.25, 0.3) is 40.5 Å². The molecule has 1 saturated heterocycles. The van der Waals surface area contributed by atoms with E-state index in [-0.39, 0.29) is 71.6 Å². The number of fused-ring (bicyclic) bond motifs is 7. The number of esters is 2. The summed E-state index contributed by atoms with van der Waals surface area (Å²) in [7, 11) is 1.29. The second kappa shape index (κ2) is 14.4. The third-order valence-electron chi connectivity index (χ3n) is 10.4. The molecule has 0 aromatic carbocycles. The smallest absolute Gasteiger partial charge is 0.681 e. The summed E-state index contributed by atoms with van der Waals surface area (Å²) in [5, 5.41) is 11.9. The van der Waals surface area contributed by atoms with Gasteiger partial charge in [-0.2, -0.15) is 11.4 Å². The fourth-order valence-electron chi connectivity index (χ4n) is 7.59. The molecule has 0 radical (unpaired) electrons. The van der Waals surface area contributed by atoms with Gasteiger partial charge in [0.1, 0.15) is 12.5 Å². The van der Waals surface area contributed by atoms with Crippen LogP contribution < -0.4 is 20.7 Å². The van der Waals surface area contributed by atoms with E-state index in [9.17, 15) is 14.4 Å². The first-order valence-electron chi connectivity index (χ1n) is 16.7. The molecule has 2 aromatic rings. The molecule has 1 aliphatic carbocycles. The van der Waals surface area contributed by atoms with Gasteiger partial charge < -0.3 is 30.1 Å². The van der Waals surface area contributed by atoms with Crippen molar-refractivity contribution in [3.8, 4) is 0 Å². The molecular formula is C39H42MgN4O5-2. The summed E-state index contributed by atoms with van der Waals surface area (Å²) in [4.78, 5) is 50.4. The molecule has 2 unspecified atom stereocenters. The van der Waals surface area contributed by atoms with Crippen LogP contribution in [-0.2, 0) is 19.1 Å². The van der Waals surface area contributed by atoms with E-state index in [1.165, 1.54) is 7.11 Å². The number of ether oxygens (including phenoxy) is 2. The molecule has 2 aromatic heterocycles. The number of hydrogen-bond donors (Lipinski definition) is 0. The van der Waals surface area contributed by atoms with E-state index in [0.29, 0.717) is 40.2 Å². The molecule has 49 heavy (non-hydrogen) atoms. The minimum Gasteiger partial charge on any atom is -0.681 e. The summed E-state index contributed by atoms with van der Waals surface area (Å²) in [5.74, 6) is -2.78. The van der Waals surface area contributed by atoms with Gasteiger partial charge in [-0.15, -0.1) is 33.9 Å². The Labute approximate surface area is 303 Å². The maximum atomic E-state index is 14.1. The minimum absolute atomic E-state index is 0. The molecule has 6 rings (SSSR count). The van der Waals surface area contributed by atoms with E-state index in [2.05, 4.69) is 27.4 Å². The van der Waals surface area contributed by atoms with Crippen molar-refractivity contribution in [2.45, 2.75) is 66.8 Å². The van der Waals surface area contributed by atoms with E-state index in [1.54, 1.807) is 6.08 Å². The summed E-state index contributed by atoms with van der Waals surface area (Å²) in [5.41, 5.74) is 8.07. The largest absolute Gasteiger partial charge is 2.00 e. The summed E-state index contributed by atoms with van der Waals surface area (Å²) in [6, 6.07) is -0.343. The molecule has 8 bridgehead atoms. The van der Waals surface area contributed by atoms with Crippen molar-refractivity contribution < 1.29 is 23.9 Å². The predicted molar refractivity (Wildman–Crippen MR) is 192 cm³/mol. The van der Waals surface area contributed by atoms with E-state index >= 15 is 0 Å². The average Bonchev–Trinajstić information content (AvgIpc) is 3.80. The van der Waals surface area contributed by atoms with Gasteiger partial charge in [0.05, 0.1) is 7.11 Å². The van der Waals surface area contributed by atoms with Crippen LogP contribution in [0.5, 0.6) is 0 Å². The Morgan fingerprint density at radius 3 is 2.51 bits per heavy atom. The molecule has 252 valence electrons. The molecule has 4 aliphatic rings. The van der Waals surface area contributed by atoms with Crippen LogP contribution in [0.15, 0.2) is 41.4 Å². The van der Waals surface area contributed by atoms with Crippen LogP contribution in [-0.4, -0.2) is 60.5 Å². The van der Waals surface area contributed by atoms with Gasteiger partial charge in [-0.25, -0.2) is 0 Å². The minimum atomic E-state index is -1.19. The number of allylic oxidation sites excluding steroid dienone is 4. The fourth-order valence-corrected chi connectivity index (χ4v) is 7.59. The number of carbonyl (C=O) groups excluding carboxylic acids is 3. The van der Waals surface area contributed by atoms with Gasteiger partial charge >= 0.3 is 35.0 Å². The number of Topliss-reactive ketones (excluding diaryl/α,β-unsaturated/α-hetero) is 1. The molecule has 9 nitrogen and oxygen atoms in total. The summed E-state index contributed by atoms with van der Waals surface area (Å²) >= 11 is 0. The van der Waals surface area contributed by atoms with Crippen LogP contribution in [0, 0.1) is 37.5 Å². The summed E-state index contributed by atoms with van der Waals surface area (Å²) < 4.78 is 10.6. The van der Waals surface area contributed by atoms with E-state index in [1.807, 2.05) is 51.2 Å². The van der Waals surface area contributed by atoms with Gasteiger partial charge in [-0.05, 0) is 63.9 Å². The monoisotopic (exact) mass is 670 g/mol. The van der Waals surface area contributed by atoms with Crippen LogP contribution in [0.3, 0.4) is 0 Å². The van der Waals surface area contributed by atoms with Gasteiger partial charge in [-0.3, -0.25) is 14.4 Å². The third-order valence-corrected chi connectivity index (χ3v) is 10.4. The zero-order chi connectivity index (χ0) is 34.4. The van der Waals surface area contributed by atoms with E-state index in [0.717, 1.165) is 45.2 Å². The fraction of sp³-hybridized carbons (Fsp3) is 0.410. The molecule has 10 heteroatoms. The first kappa shape index (κ1) is 36.3. The van der Waals surface area contributed by atoms with E-state index in [4.69, 9.17) is 30.1 Å². The second-order valence-electron chi connectivity index (χ2n) is 13.0. The number of aromatic nitrogens is 2. The van der Waals surface area contributed by atoms with Crippen molar-refractivity contribution in [3.05, 3.63) is 96.4 Å². The van der Waals surface area contributed by atoms with E-state index < -0.39 is 11.9 Å². The Morgan fingerprint density at radius 2 is 1.84 bits per heavy atom. The zero-order valence-electron chi connectivity index (χ0n) is 29.4. The zero-order valence-corrected chi connectivity index (χ0v) is 30.8. The molecule has 5 atom stereocenters. The van der Waals surface area contributed by atoms with Gasteiger partial charge in [0.15, 0.2) is 5.78 Å². The van der Waals surface area contributed by atoms with Crippen molar-refractivity contribution in [3.63, 3.8) is 0 Å². The summed E-state index contributed by atoms with van der Waals surface area (Å²) in [6.07, 6.45) is 12.9. The Bertz CT molecular complexity index is 1970. The van der Waals surface area contributed by atoms with Crippen molar-refractivity contribution in [2.75, 3.05) is 13.7 Å². The molecule has 5 heterocycles. The van der Waals surface area contributed by atoms with Gasteiger partial charge in [0.25, 0.3) is 0 Å². The molecular weight excluding hydrogens is 629 g/mol. The third kappa shape index (κ3) is 6.18. The maximum absolute atomic E-state index is 14.1. The van der Waals surface area contributed by atoms with Gasteiger partial charge in [-0.1, -0.05) is 79.1 Å². The molecule has 1 fully saturated rings. The summed E-state index contributed by atoms with van der Waals surface area (Å²) in [6.45, 7) is 16.4. The van der Waals surface area contributed by atoms with Crippen LogP contribution >= 0.6 is 0 Å². The van der Waals surface area contributed by atoms with Crippen LogP contribution in [0.4, 0.5) is 0 Å². The Kier molecular flexibility index (Phi) is 10.7. The normalized spacial score (nSPS) is 27.7. The SMILES string of the molecule is C=Cc1c(C)/c2[n-]/c1=C\C1=C(C)C(CC)/C(=C/c3[n-]c4c(c3C)C(=O)[C@H](C(=O)OC)/C4=C3/[N-]C(\C=2)[C@@H](C)[C@@H]3CCC(=O)OC/C=C/C)[N-]1.[Mg+2]. The average molecular weight is 671 g/mol. The second-order valence-corrected chi connectivity index (χ2v) is 13.0. The number of methoxy groups -OCH3 is 1. The van der Waals surface area contributed by atoms with Gasteiger partial charge in [0.2, 0.25) is 0 Å². The van der Waals surface area contributed by atoms with Gasteiger partial charge in [0, 0.05) is 12.0 Å². The number of nitrogens with zero attached hydrogens (tertiary/aromatic N) is 4. The van der Waals surface area contributed by atoms with Crippen LogP contribution in [0.2, 0.25) is 0 Å². The van der Waals surface area contributed by atoms with Crippen molar-refractivity contribution >= 4 is 70.7 Å². The first-order valence-corrected chi connectivity index (χ1v) is 16.7. The number of hydrogen-bond acceptors (Lipinski definition) is 5. The van der Waals surface area contributed by atoms with Crippen LogP contribution in [0.1, 0.15) is 85.4 Å². The Hall–Kier alpha value is -4.02. The number of ketones is 1. The standard InChI is InChI=1S/C39H43N4O5.Mg/c1-9-12-15-48-32(44)14-13-25-21(6)28-16-26-19(4)23(10-2)30(40-26)17-27-20(5)24(11-3)31(41-27)18-29-22(7)33-37(43-29)34(36(25)42-28)35(38(33)45)39(46)47-8;/h9-10,12,16-18,21,24-25,28,35H,2,11,13-15H2,1,3-8H3,(H-,42,43,45);/q-3;+2/p-1/b12-9+,26-16-,30-17-,31-18-;/t21-,24?,25-,28?,35+;/m0./s1. The predicted octanol–water partition coefficient (Wildman–Crippen LogP) is 5.39. The molecule has 0 saturated carbocycles. The Balaban J connectivity index is 0.00000468. The first-order chi connectivity index (χ1) is 23.0. The van der Waals surface area contributed by atoms with Crippen molar-refractivity contribution in [1.29, 1.82) is 0 Å². The molecule has 3 aliphatic heterocycles. The number of carbonyl (C=O) groups is 3. The number of rotatable bonds is 8. The Morgan fingerprint density at radius 1 is 1.08 bits per heavy atom. The molecule has 0 N–H and O–H groups in total. The molecule has 0 spiro atoms. The molecule has 0 amide bonds. The van der Waals surface area contributed by atoms with Crippen molar-refractivity contribution in [2.24, 2.45) is 23.7 Å². The maximum Gasteiger partial charge on any atom is 2.00 e. The topological polar surface area (TPSA) is 126 Å².